The highest BCUT2D eigenvalue weighted by Gasteiger charge is 2.30. The summed E-state index contributed by atoms with van der Waals surface area (Å²) in [5.74, 6) is -0.538. The number of amides is 1. The number of rotatable bonds is 4. The number of fused-ring (bicyclic) bond motifs is 1. The fourth-order valence-corrected chi connectivity index (χ4v) is 4.08. The molecule has 2 aromatic carbocycles. The minimum Gasteiger partial charge on any atom is -0.371 e. The Hall–Kier alpha value is -3.22. The average molecular weight is 413 g/mol. The van der Waals surface area contributed by atoms with Crippen LogP contribution in [-0.4, -0.2) is 23.6 Å². The van der Waals surface area contributed by atoms with Crippen molar-refractivity contribution in [2.24, 2.45) is 5.73 Å². The van der Waals surface area contributed by atoms with Gasteiger partial charge in [0.05, 0.1) is 5.56 Å². The Bertz CT molecular complexity index is 1090. The van der Waals surface area contributed by atoms with Gasteiger partial charge in [-0.1, -0.05) is 12.6 Å². The molecule has 3 aromatic rings. The number of aromatic nitrogens is 1. The summed E-state index contributed by atoms with van der Waals surface area (Å²) in [5, 5.41) is 1.01. The molecule has 1 amide bonds. The molecule has 7 heteroatoms. The predicted molar refractivity (Wildman–Crippen MR) is 112 cm³/mol. The van der Waals surface area contributed by atoms with Crippen molar-refractivity contribution in [2.45, 2.75) is 25.1 Å². The molecular weight excluding hydrogens is 391 g/mol. The first kappa shape index (κ1) is 20.1. The fourth-order valence-electron chi connectivity index (χ4n) is 4.08. The van der Waals surface area contributed by atoms with E-state index in [0.717, 1.165) is 54.7 Å². The number of halogens is 3. The van der Waals surface area contributed by atoms with E-state index >= 15 is 0 Å². The number of hydrogen-bond donors (Lipinski definition) is 1. The summed E-state index contributed by atoms with van der Waals surface area (Å²) in [4.78, 5) is 13.5. The van der Waals surface area contributed by atoms with Gasteiger partial charge in [0.15, 0.2) is 0 Å². The molecule has 1 saturated heterocycles. The van der Waals surface area contributed by atoms with Gasteiger partial charge in [-0.25, -0.2) is 0 Å². The second-order valence-electron chi connectivity index (χ2n) is 7.60. The van der Waals surface area contributed by atoms with E-state index in [1.165, 1.54) is 0 Å². The summed E-state index contributed by atoms with van der Waals surface area (Å²) < 4.78 is 40.5. The molecule has 2 heterocycles. The van der Waals surface area contributed by atoms with Crippen LogP contribution >= 0.6 is 0 Å². The zero-order chi connectivity index (χ0) is 21.5. The smallest absolute Gasteiger partial charge is 0.371 e. The number of primary amides is 1. The number of carbonyl (C=O) groups excluding carboxylic acids is 1. The van der Waals surface area contributed by atoms with Crippen molar-refractivity contribution in [1.29, 1.82) is 0 Å². The Kier molecular flexibility index (Phi) is 5.05. The molecule has 0 saturated carbocycles. The van der Waals surface area contributed by atoms with Crippen molar-refractivity contribution < 1.29 is 18.0 Å². The molecule has 1 aromatic heterocycles. The third kappa shape index (κ3) is 3.79. The van der Waals surface area contributed by atoms with Gasteiger partial charge in [0.1, 0.15) is 0 Å². The van der Waals surface area contributed by atoms with Crippen LogP contribution in [0.5, 0.6) is 0 Å². The lowest BCUT2D eigenvalue weighted by atomic mass is 10.0. The molecule has 0 atom stereocenters. The Morgan fingerprint density at radius 1 is 1.03 bits per heavy atom. The SMILES string of the molecule is C=C(C(N)=O)c1ccc2c(ccn2C2CCN(c3ccc(C(F)(F)F)cc3)CC2)c1. The van der Waals surface area contributed by atoms with Crippen LogP contribution in [0.1, 0.15) is 30.0 Å². The van der Waals surface area contributed by atoms with Crippen LogP contribution in [0, 0.1) is 0 Å². The van der Waals surface area contributed by atoms with Crippen molar-refractivity contribution in [3.63, 3.8) is 0 Å². The second kappa shape index (κ2) is 7.55. The Morgan fingerprint density at radius 3 is 2.30 bits per heavy atom. The Labute approximate surface area is 172 Å². The van der Waals surface area contributed by atoms with Gasteiger partial charge in [0.25, 0.3) is 0 Å². The third-order valence-electron chi connectivity index (χ3n) is 5.78. The second-order valence-corrected chi connectivity index (χ2v) is 7.60. The van der Waals surface area contributed by atoms with Crippen LogP contribution in [0.2, 0.25) is 0 Å². The molecule has 0 radical (unpaired) electrons. The van der Waals surface area contributed by atoms with Gasteiger partial charge in [0.2, 0.25) is 5.91 Å². The highest BCUT2D eigenvalue weighted by Crippen LogP contribution is 2.33. The van der Waals surface area contributed by atoms with Gasteiger partial charge in [-0.05, 0) is 60.9 Å². The summed E-state index contributed by atoms with van der Waals surface area (Å²) in [6.45, 7) is 5.27. The molecule has 4 nitrogen and oxygen atoms in total. The number of carbonyl (C=O) groups is 1. The number of nitrogens with two attached hydrogens (primary N) is 1. The van der Waals surface area contributed by atoms with Crippen molar-refractivity contribution in [2.75, 3.05) is 18.0 Å². The number of piperidine rings is 1. The molecule has 2 N–H and O–H groups in total. The molecule has 1 fully saturated rings. The maximum atomic E-state index is 12.8. The van der Waals surface area contributed by atoms with Crippen molar-refractivity contribution in [3.8, 4) is 0 Å². The van der Waals surface area contributed by atoms with E-state index in [2.05, 4.69) is 16.0 Å². The first-order chi connectivity index (χ1) is 14.2. The van der Waals surface area contributed by atoms with Gasteiger partial charge >= 0.3 is 6.18 Å². The van der Waals surface area contributed by atoms with E-state index in [1.54, 1.807) is 12.1 Å². The van der Waals surface area contributed by atoms with E-state index in [-0.39, 0.29) is 5.57 Å². The molecule has 0 bridgehead atoms. The molecule has 30 heavy (non-hydrogen) atoms. The summed E-state index contributed by atoms with van der Waals surface area (Å²) in [6.07, 6.45) is -0.494. The van der Waals surface area contributed by atoms with E-state index in [9.17, 15) is 18.0 Å². The average Bonchev–Trinajstić information content (AvgIpc) is 3.16. The number of benzene rings is 2. The third-order valence-corrected chi connectivity index (χ3v) is 5.78. The summed E-state index contributed by atoms with van der Waals surface area (Å²) in [5.41, 5.74) is 7.58. The zero-order valence-corrected chi connectivity index (χ0v) is 16.3. The summed E-state index contributed by atoms with van der Waals surface area (Å²) in [6, 6.07) is 13.4. The zero-order valence-electron chi connectivity index (χ0n) is 16.3. The van der Waals surface area contributed by atoms with Crippen LogP contribution in [0.15, 0.2) is 61.3 Å². The fraction of sp³-hybridized carbons (Fsp3) is 0.261. The number of hydrogen-bond acceptors (Lipinski definition) is 2. The molecule has 0 unspecified atom stereocenters. The van der Waals surface area contributed by atoms with Gasteiger partial charge < -0.3 is 15.2 Å². The van der Waals surface area contributed by atoms with Crippen LogP contribution in [0.4, 0.5) is 18.9 Å². The molecule has 1 aliphatic rings. The van der Waals surface area contributed by atoms with Crippen molar-refractivity contribution in [3.05, 3.63) is 72.4 Å². The van der Waals surface area contributed by atoms with Crippen molar-refractivity contribution >= 4 is 28.1 Å². The number of alkyl halides is 3. The van der Waals surface area contributed by atoms with Crippen LogP contribution in [0.3, 0.4) is 0 Å². The van der Waals surface area contributed by atoms with Gasteiger partial charge in [0, 0.05) is 47.5 Å². The summed E-state index contributed by atoms with van der Waals surface area (Å²) in [7, 11) is 0. The normalized spacial score (nSPS) is 15.5. The highest BCUT2D eigenvalue weighted by atomic mass is 19.4. The molecule has 156 valence electrons. The lowest BCUT2D eigenvalue weighted by Crippen LogP contribution is -2.34. The lowest BCUT2D eigenvalue weighted by molar-refractivity contribution is -0.137. The molecule has 1 aliphatic heterocycles. The molecule has 4 rings (SSSR count). The quantitative estimate of drug-likeness (QED) is 0.612. The Morgan fingerprint density at radius 2 is 1.70 bits per heavy atom. The monoisotopic (exact) mass is 413 g/mol. The van der Waals surface area contributed by atoms with Crippen LogP contribution in [0.25, 0.3) is 16.5 Å². The molecule has 0 spiro atoms. The van der Waals surface area contributed by atoms with Crippen molar-refractivity contribution in [1.82, 2.24) is 4.57 Å². The largest absolute Gasteiger partial charge is 0.416 e. The molecule has 0 aliphatic carbocycles. The number of nitrogens with zero attached hydrogens (tertiary/aromatic N) is 2. The summed E-state index contributed by atoms with van der Waals surface area (Å²) >= 11 is 0. The van der Waals surface area contributed by atoms with Crippen LogP contribution in [-0.2, 0) is 11.0 Å². The first-order valence-electron chi connectivity index (χ1n) is 9.76. The topological polar surface area (TPSA) is 51.3 Å². The highest BCUT2D eigenvalue weighted by molar-refractivity contribution is 6.18. The lowest BCUT2D eigenvalue weighted by Gasteiger charge is -2.34. The minimum atomic E-state index is -4.31. The maximum absolute atomic E-state index is 12.8. The standard InChI is InChI=1S/C23H22F3N3O/c1-15(22(27)30)16-2-7-21-17(14-16)8-13-29(21)20-9-11-28(12-10-20)19-5-3-18(4-6-19)23(24,25)26/h2-8,13-14,20H,1,9-12H2,(H2,27,30). The Balaban J connectivity index is 1.47. The van der Waals surface area contributed by atoms with Crippen LogP contribution < -0.4 is 10.6 Å². The van der Waals surface area contributed by atoms with Gasteiger partial charge in [-0.2, -0.15) is 13.2 Å². The molecular formula is C23H22F3N3O. The van der Waals surface area contributed by atoms with E-state index in [1.807, 2.05) is 30.5 Å². The van der Waals surface area contributed by atoms with Gasteiger partial charge in [-0.15, -0.1) is 0 Å². The minimum absolute atomic E-state index is 0.287. The maximum Gasteiger partial charge on any atom is 0.416 e. The van der Waals surface area contributed by atoms with E-state index in [4.69, 9.17) is 5.73 Å². The van der Waals surface area contributed by atoms with Gasteiger partial charge in [-0.3, -0.25) is 4.79 Å². The predicted octanol–water partition coefficient (Wildman–Crippen LogP) is 5.00. The number of anilines is 1. The first-order valence-corrected chi connectivity index (χ1v) is 9.76. The van der Waals surface area contributed by atoms with E-state index in [0.29, 0.717) is 11.6 Å². The van der Waals surface area contributed by atoms with E-state index < -0.39 is 17.6 Å².